The van der Waals surface area contributed by atoms with Crippen molar-refractivity contribution in [2.24, 2.45) is 0 Å². The summed E-state index contributed by atoms with van der Waals surface area (Å²) in [5.74, 6) is -0.788. The van der Waals surface area contributed by atoms with Crippen LogP contribution < -0.4 is 15.0 Å². The zero-order valence-electron chi connectivity index (χ0n) is 20.4. The van der Waals surface area contributed by atoms with Gasteiger partial charge in [-0.3, -0.25) is 9.69 Å². The second-order valence-corrected chi connectivity index (χ2v) is 8.78. The maximum atomic E-state index is 13.4. The van der Waals surface area contributed by atoms with Gasteiger partial charge < -0.3 is 15.0 Å². The van der Waals surface area contributed by atoms with Gasteiger partial charge in [-0.05, 0) is 48.2 Å². The molecule has 37 heavy (non-hydrogen) atoms. The number of carbonyl (C=O) groups is 2. The molecule has 4 rings (SSSR count). The average molecular weight is 512 g/mol. The van der Waals surface area contributed by atoms with Crippen molar-refractivity contribution in [3.05, 3.63) is 90.0 Å². The van der Waals surface area contributed by atoms with Crippen LogP contribution in [0.4, 0.5) is 29.3 Å². The van der Waals surface area contributed by atoms with Crippen molar-refractivity contribution in [3.63, 3.8) is 0 Å². The lowest BCUT2D eigenvalue weighted by Crippen LogP contribution is -2.49. The molecule has 6 nitrogen and oxygen atoms in total. The molecule has 194 valence electrons. The van der Waals surface area contributed by atoms with Crippen molar-refractivity contribution < 1.29 is 27.5 Å². The molecule has 3 aromatic rings. The molecule has 9 heteroatoms. The van der Waals surface area contributed by atoms with E-state index in [1.54, 1.807) is 28.0 Å². The minimum atomic E-state index is -4.76. The molecule has 1 heterocycles. The van der Waals surface area contributed by atoms with Crippen molar-refractivity contribution in [2.45, 2.75) is 38.6 Å². The van der Waals surface area contributed by atoms with Gasteiger partial charge >= 0.3 is 12.4 Å². The third-order valence-electron chi connectivity index (χ3n) is 6.22. The average Bonchev–Trinajstić information content (AvgIpc) is 2.87. The molecule has 1 unspecified atom stereocenters. The molecule has 1 atom stereocenters. The van der Waals surface area contributed by atoms with Crippen molar-refractivity contribution in [3.8, 4) is 5.75 Å². The molecule has 3 aromatic carbocycles. The molecular weight excluding hydrogens is 483 g/mol. The number of para-hydroxylation sites is 2. The van der Waals surface area contributed by atoms with E-state index in [1.165, 1.54) is 24.3 Å². The molecule has 3 amide bonds. The highest BCUT2D eigenvalue weighted by atomic mass is 19.4. The minimum absolute atomic E-state index is 0.149. The highest BCUT2D eigenvalue weighted by Crippen LogP contribution is 2.31. The Bertz CT molecular complexity index is 1220. The first kappa shape index (κ1) is 26.1. The number of anilines is 2. The standard InChI is InChI=1S/C28H28F3N3O3/c1-2-23(21-9-4-3-5-10-21)26(35)32-24-11-6-7-12-25(24)34-18-8-17-33(27(34)36)19-20-13-15-22(16-14-20)37-28(29,30)31/h3-7,9-16,23H,2,8,17-19H2,1H3,(H,32,35). The molecule has 0 bridgehead atoms. The quantitative estimate of drug-likeness (QED) is 0.373. The van der Waals surface area contributed by atoms with E-state index in [9.17, 15) is 22.8 Å². The molecular formula is C28H28F3N3O3. The summed E-state index contributed by atoms with van der Waals surface area (Å²) in [6.45, 7) is 3.19. The fourth-order valence-corrected chi connectivity index (χ4v) is 4.46. The Kier molecular flexibility index (Phi) is 8.01. The number of rotatable bonds is 8. The number of nitrogens with one attached hydrogen (secondary N) is 1. The number of urea groups is 1. The van der Waals surface area contributed by atoms with E-state index in [1.807, 2.05) is 43.3 Å². The van der Waals surface area contributed by atoms with Crippen LogP contribution in [0.3, 0.4) is 0 Å². The van der Waals surface area contributed by atoms with Gasteiger partial charge in [0.15, 0.2) is 0 Å². The zero-order chi connectivity index (χ0) is 26.4. The fraction of sp³-hybridized carbons (Fsp3) is 0.286. The Morgan fingerprint density at radius 2 is 1.65 bits per heavy atom. The smallest absolute Gasteiger partial charge is 0.406 e. The molecule has 1 fully saturated rings. The number of alkyl halides is 3. The van der Waals surface area contributed by atoms with Crippen molar-refractivity contribution in [2.75, 3.05) is 23.3 Å². The van der Waals surface area contributed by atoms with Crippen LogP contribution in [0, 0.1) is 0 Å². The maximum Gasteiger partial charge on any atom is 0.573 e. The SMILES string of the molecule is CCC(C(=O)Nc1ccccc1N1CCCN(Cc2ccc(OC(F)(F)F)cc2)C1=O)c1ccccc1. The Balaban J connectivity index is 1.48. The molecule has 0 saturated carbocycles. The summed E-state index contributed by atoms with van der Waals surface area (Å²) in [6.07, 6.45) is -3.43. The Morgan fingerprint density at radius 3 is 2.32 bits per heavy atom. The largest absolute Gasteiger partial charge is 0.573 e. The van der Waals surface area contributed by atoms with E-state index >= 15 is 0 Å². The zero-order valence-corrected chi connectivity index (χ0v) is 20.4. The van der Waals surface area contributed by atoms with Crippen molar-refractivity contribution in [1.82, 2.24) is 4.90 Å². The Hall–Kier alpha value is -4.01. The van der Waals surface area contributed by atoms with Crippen LogP contribution in [0.2, 0.25) is 0 Å². The van der Waals surface area contributed by atoms with Crippen LogP contribution in [-0.2, 0) is 11.3 Å². The van der Waals surface area contributed by atoms with E-state index in [4.69, 9.17) is 0 Å². The second-order valence-electron chi connectivity index (χ2n) is 8.78. The summed E-state index contributed by atoms with van der Waals surface area (Å²) in [5, 5.41) is 3.01. The van der Waals surface area contributed by atoms with Gasteiger partial charge in [-0.15, -0.1) is 13.2 Å². The van der Waals surface area contributed by atoms with E-state index in [0.29, 0.717) is 42.9 Å². The first-order chi connectivity index (χ1) is 17.7. The molecule has 0 radical (unpaired) electrons. The number of halogens is 3. The molecule has 0 aliphatic carbocycles. The van der Waals surface area contributed by atoms with Gasteiger partial charge in [-0.25, -0.2) is 4.79 Å². The third kappa shape index (κ3) is 6.61. The topological polar surface area (TPSA) is 61.9 Å². The Labute approximate surface area is 213 Å². The van der Waals surface area contributed by atoms with Crippen LogP contribution in [0.5, 0.6) is 5.75 Å². The molecule has 1 N–H and O–H groups in total. The lowest BCUT2D eigenvalue weighted by Gasteiger charge is -2.36. The highest BCUT2D eigenvalue weighted by Gasteiger charge is 2.31. The summed E-state index contributed by atoms with van der Waals surface area (Å²) in [4.78, 5) is 29.8. The Morgan fingerprint density at radius 1 is 0.973 bits per heavy atom. The number of ether oxygens (including phenoxy) is 1. The monoisotopic (exact) mass is 511 g/mol. The third-order valence-corrected chi connectivity index (χ3v) is 6.22. The predicted molar refractivity (Wildman–Crippen MR) is 135 cm³/mol. The molecule has 1 aliphatic rings. The van der Waals surface area contributed by atoms with Gasteiger partial charge in [0.1, 0.15) is 5.75 Å². The van der Waals surface area contributed by atoms with Gasteiger partial charge in [0.25, 0.3) is 0 Å². The number of carbonyl (C=O) groups excluding carboxylic acids is 2. The van der Waals surface area contributed by atoms with Crippen LogP contribution >= 0.6 is 0 Å². The molecule has 0 spiro atoms. The van der Waals surface area contributed by atoms with E-state index in [-0.39, 0.29) is 30.2 Å². The lowest BCUT2D eigenvalue weighted by molar-refractivity contribution is -0.274. The normalized spacial score (nSPS) is 14.9. The second kappa shape index (κ2) is 11.4. The van der Waals surface area contributed by atoms with Gasteiger partial charge in [0.2, 0.25) is 5.91 Å². The van der Waals surface area contributed by atoms with Gasteiger partial charge in [-0.1, -0.05) is 61.5 Å². The summed E-state index contributed by atoms with van der Waals surface area (Å²) in [5.41, 5.74) is 2.75. The number of nitrogens with zero attached hydrogens (tertiary/aromatic N) is 2. The van der Waals surface area contributed by atoms with E-state index in [0.717, 1.165) is 5.56 Å². The number of hydrogen-bond donors (Lipinski definition) is 1. The fourth-order valence-electron chi connectivity index (χ4n) is 4.46. The first-order valence-corrected chi connectivity index (χ1v) is 12.1. The molecule has 1 saturated heterocycles. The van der Waals surface area contributed by atoms with Crippen LogP contribution in [-0.4, -0.2) is 36.3 Å². The minimum Gasteiger partial charge on any atom is -0.406 e. The predicted octanol–water partition coefficient (Wildman–Crippen LogP) is 6.55. The maximum absolute atomic E-state index is 13.4. The number of benzene rings is 3. The summed E-state index contributed by atoms with van der Waals surface area (Å²) in [7, 11) is 0. The van der Waals surface area contributed by atoms with E-state index in [2.05, 4.69) is 10.1 Å². The summed E-state index contributed by atoms with van der Waals surface area (Å²) < 4.78 is 41.2. The molecule has 1 aliphatic heterocycles. The molecule has 0 aromatic heterocycles. The summed E-state index contributed by atoms with van der Waals surface area (Å²) in [6, 6.07) is 22.0. The van der Waals surface area contributed by atoms with Crippen LogP contribution in [0.25, 0.3) is 0 Å². The number of amides is 3. The van der Waals surface area contributed by atoms with Crippen LogP contribution in [0.1, 0.15) is 36.8 Å². The summed E-state index contributed by atoms with van der Waals surface area (Å²) >= 11 is 0. The van der Waals surface area contributed by atoms with Crippen LogP contribution in [0.15, 0.2) is 78.9 Å². The lowest BCUT2D eigenvalue weighted by atomic mass is 9.95. The van der Waals surface area contributed by atoms with Gasteiger partial charge in [0.05, 0.1) is 17.3 Å². The first-order valence-electron chi connectivity index (χ1n) is 12.1. The van der Waals surface area contributed by atoms with Gasteiger partial charge in [-0.2, -0.15) is 0 Å². The highest BCUT2D eigenvalue weighted by molar-refractivity contribution is 6.02. The van der Waals surface area contributed by atoms with Crippen molar-refractivity contribution in [1.29, 1.82) is 0 Å². The number of hydrogen-bond acceptors (Lipinski definition) is 3. The van der Waals surface area contributed by atoms with Crippen molar-refractivity contribution >= 4 is 23.3 Å². The van der Waals surface area contributed by atoms with E-state index < -0.39 is 6.36 Å². The van der Waals surface area contributed by atoms with Gasteiger partial charge in [0, 0.05) is 19.6 Å².